The van der Waals surface area contributed by atoms with Crippen molar-refractivity contribution in [1.29, 1.82) is 0 Å². The first-order valence-electron chi connectivity index (χ1n) is 4.79. The lowest BCUT2D eigenvalue weighted by Gasteiger charge is -2.02. The Hall–Kier alpha value is -1.84. The summed E-state index contributed by atoms with van der Waals surface area (Å²) in [5.74, 6) is 0.0961. The van der Waals surface area contributed by atoms with Gasteiger partial charge in [0.05, 0.1) is 18.6 Å². The first-order chi connectivity index (χ1) is 7.16. The molecule has 0 spiro atoms. The monoisotopic (exact) mass is 203 g/mol. The summed E-state index contributed by atoms with van der Waals surface area (Å²) in [6.07, 6.45) is 7.36. The van der Waals surface area contributed by atoms with Crippen molar-refractivity contribution in [2.75, 3.05) is 0 Å². The Morgan fingerprint density at radius 2 is 2.33 bits per heavy atom. The van der Waals surface area contributed by atoms with Crippen LogP contribution >= 0.6 is 0 Å². The highest BCUT2D eigenvalue weighted by molar-refractivity contribution is 5.93. The fourth-order valence-electron chi connectivity index (χ4n) is 1.47. The van der Waals surface area contributed by atoms with Crippen LogP contribution in [0.15, 0.2) is 31.0 Å². The summed E-state index contributed by atoms with van der Waals surface area (Å²) in [5, 5.41) is 0. The van der Waals surface area contributed by atoms with Crippen LogP contribution in [0.2, 0.25) is 0 Å². The van der Waals surface area contributed by atoms with E-state index in [0.29, 0.717) is 0 Å². The Morgan fingerprint density at radius 1 is 1.53 bits per heavy atom. The van der Waals surface area contributed by atoms with Crippen LogP contribution in [0.1, 0.15) is 23.0 Å². The van der Waals surface area contributed by atoms with E-state index < -0.39 is 0 Å². The number of nitrogens with zero attached hydrogens (tertiary/aromatic N) is 3. The molecule has 0 aliphatic carbocycles. The minimum atomic E-state index is 0.0961. The molecule has 0 saturated heterocycles. The summed E-state index contributed by atoms with van der Waals surface area (Å²) < 4.78 is 3.95. The highest BCUT2D eigenvalue weighted by atomic mass is 16.1. The first-order valence-corrected chi connectivity index (χ1v) is 4.79. The van der Waals surface area contributed by atoms with Gasteiger partial charge in [-0.25, -0.2) is 4.98 Å². The van der Waals surface area contributed by atoms with E-state index in [1.807, 2.05) is 40.8 Å². The van der Waals surface area contributed by atoms with E-state index in [9.17, 15) is 4.79 Å². The molecule has 0 aromatic carbocycles. The molecule has 0 saturated carbocycles. The van der Waals surface area contributed by atoms with Crippen LogP contribution in [0.3, 0.4) is 0 Å². The van der Waals surface area contributed by atoms with Crippen molar-refractivity contribution in [2.24, 2.45) is 7.05 Å². The molecule has 4 nitrogen and oxygen atoms in total. The van der Waals surface area contributed by atoms with Crippen LogP contribution in [-0.4, -0.2) is 19.9 Å². The Kier molecular flexibility index (Phi) is 2.41. The lowest BCUT2D eigenvalue weighted by Crippen LogP contribution is -2.02. The number of Topliss-reactive ketones (excluding diaryl/α,β-unsaturated/α-hetero) is 1. The molecule has 2 rings (SSSR count). The topological polar surface area (TPSA) is 39.8 Å². The summed E-state index contributed by atoms with van der Waals surface area (Å²) in [7, 11) is 1.96. The zero-order chi connectivity index (χ0) is 10.8. The summed E-state index contributed by atoms with van der Waals surface area (Å²) in [6.45, 7) is 2.31. The lowest BCUT2D eigenvalue weighted by atomic mass is 10.2. The van der Waals surface area contributed by atoms with E-state index in [2.05, 4.69) is 4.98 Å². The van der Waals surface area contributed by atoms with Crippen molar-refractivity contribution in [3.8, 4) is 0 Å². The molecule has 15 heavy (non-hydrogen) atoms. The van der Waals surface area contributed by atoms with Crippen LogP contribution in [-0.2, 0) is 13.6 Å². The minimum absolute atomic E-state index is 0.0961. The number of carbonyl (C=O) groups is 1. The summed E-state index contributed by atoms with van der Waals surface area (Å²) >= 11 is 0. The average Bonchev–Trinajstić information content (AvgIpc) is 2.77. The maximum absolute atomic E-state index is 11.1. The summed E-state index contributed by atoms with van der Waals surface area (Å²) in [4.78, 5) is 15.1. The molecule has 0 amide bonds. The van der Waals surface area contributed by atoms with Crippen LogP contribution in [0, 0.1) is 0 Å². The highest BCUT2D eigenvalue weighted by Gasteiger charge is 2.03. The van der Waals surface area contributed by atoms with E-state index in [1.54, 1.807) is 13.3 Å². The van der Waals surface area contributed by atoms with Crippen molar-refractivity contribution in [2.45, 2.75) is 13.5 Å². The van der Waals surface area contributed by atoms with Crippen LogP contribution < -0.4 is 0 Å². The van der Waals surface area contributed by atoms with Crippen LogP contribution in [0.4, 0.5) is 0 Å². The number of carbonyl (C=O) groups excluding carboxylic acids is 1. The third-order valence-corrected chi connectivity index (χ3v) is 2.42. The van der Waals surface area contributed by atoms with Gasteiger partial charge in [-0.2, -0.15) is 0 Å². The second-order valence-corrected chi connectivity index (χ2v) is 3.62. The molecule has 4 heteroatoms. The zero-order valence-corrected chi connectivity index (χ0v) is 8.84. The number of hydrogen-bond acceptors (Lipinski definition) is 2. The predicted molar refractivity (Wildman–Crippen MR) is 56.7 cm³/mol. The molecular formula is C11H13N3O. The third-order valence-electron chi connectivity index (χ3n) is 2.42. The van der Waals surface area contributed by atoms with Gasteiger partial charge in [-0.15, -0.1) is 0 Å². The molecular weight excluding hydrogens is 190 g/mol. The Balaban J connectivity index is 2.18. The van der Waals surface area contributed by atoms with Gasteiger partial charge in [0.15, 0.2) is 5.78 Å². The molecule has 0 radical (unpaired) electrons. The first kappa shape index (κ1) is 9.71. The SMILES string of the molecule is CC(=O)c1ccn(Cc2cncn2C)c1. The molecule has 2 heterocycles. The molecule has 0 bridgehead atoms. The van der Waals surface area contributed by atoms with Crippen molar-refractivity contribution in [3.63, 3.8) is 0 Å². The second kappa shape index (κ2) is 3.73. The van der Waals surface area contributed by atoms with Gasteiger partial charge in [0, 0.05) is 31.2 Å². The molecule has 0 aliphatic rings. The predicted octanol–water partition coefficient (Wildman–Crippen LogP) is 1.47. The van der Waals surface area contributed by atoms with Crippen molar-refractivity contribution < 1.29 is 4.79 Å². The van der Waals surface area contributed by atoms with Crippen LogP contribution in [0.5, 0.6) is 0 Å². The van der Waals surface area contributed by atoms with Gasteiger partial charge in [0.2, 0.25) is 0 Å². The van der Waals surface area contributed by atoms with Gasteiger partial charge >= 0.3 is 0 Å². The van der Waals surface area contributed by atoms with Gasteiger partial charge in [-0.3, -0.25) is 4.79 Å². The average molecular weight is 203 g/mol. The van der Waals surface area contributed by atoms with E-state index in [0.717, 1.165) is 17.8 Å². The molecule has 0 N–H and O–H groups in total. The van der Waals surface area contributed by atoms with Gasteiger partial charge in [-0.1, -0.05) is 0 Å². The number of aromatic nitrogens is 3. The molecule has 0 unspecified atom stereocenters. The number of imidazole rings is 1. The number of ketones is 1. The summed E-state index contributed by atoms with van der Waals surface area (Å²) in [6, 6.07) is 1.83. The minimum Gasteiger partial charge on any atom is -0.348 e. The maximum atomic E-state index is 11.1. The molecule has 0 fully saturated rings. The lowest BCUT2D eigenvalue weighted by molar-refractivity contribution is 0.101. The standard InChI is InChI=1S/C11H13N3O/c1-9(15)10-3-4-14(6-10)7-11-5-12-8-13(11)2/h3-6,8H,7H2,1-2H3. The molecule has 2 aromatic heterocycles. The van der Waals surface area contributed by atoms with Crippen molar-refractivity contribution in [3.05, 3.63) is 42.2 Å². The molecule has 0 aliphatic heterocycles. The second-order valence-electron chi connectivity index (χ2n) is 3.62. The number of aryl methyl sites for hydroxylation is 1. The number of rotatable bonds is 3. The van der Waals surface area contributed by atoms with E-state index in [1.165, 1.54) is 0 Å². The fourth-order valence-corrected chi connectivity index (χ4v) is 1.47. The summed E-state index contributed by atoms with van der Waals surface area (Å²) in [5.41, 5.74) is 1.86. The van der Waals surface area contributed by atoms with Gasteiger partial charge in [0.25, 0.3) is 0 Å². The normalized spacial score (nSPS) is 10.5. The highest BCUT2D eigenvalue weighted by Crippen LogP contribution is 2.06. The molecule has 0 atom stereocenters. The number of hydrogen-bond donors (Lipinski definition) is 0. The fraction of sp³-hybridized carbons (Fsp3) is 0.273. The van der Waals surface area contributed by atoms with E-state index in [-0.39, 0.29) is 5.78 Å². The van der Waals surface area contributed by atoms with Gasteiger partial charge in [-0.05, 0) is 13.0 Å². The van der Waals surface area contributed by atoms with Crippen molar-refractivity contribution >= 4 is 5.78 Å². The van der Waals surface area contributed by atoms with Crippen LogP contribution in [0.25, 0.3) is 0 Å². The Labute approximate surface area is 88.2 Å². The van der Waals surface area contributed by atoms with E-state index >= 15 is 0 Å². The Bertz CT molecular complexity index is 481. The Morgan fingerprint density at radius 3 is 2.87 bits per heavy atom. The molecule has 78 valence electrons. The largest absolute Gasteiger partial charge is 0.348 e. The third kappa shape index (κ3) is 1.98. The molecule has 2 aromatic rings. The maximum Gasteiger partial charge on any atom is 0.161 e. The smallest absolute Gasteiger partial charge is 0.161 e. The van der Waals surface area contributed by atoms with Crippen molar-refractivity contribution in [1.82, 2.24) is 14.1 Å². The van der Waals surface area contributed by atoms with Gasteiger partial charge in [0.1, 0.15) is 0 Å². The van der Waals surface area contributed by atoms with E-state index in [4.69, 9.17) is 0 Å². The van der Waals surface area contributed by atoms with Gasteiger partial charge < -0.3 is 9.13 Å². The quantitative estimate of drug-likeness (QED) is 0.709. The zero-order valence-electron chi connectivity index (χ0n) is 8.84.